The van der Waals surface area contributed by atoms with Crippen molar-refractivity contribution in [3.63, 3.8) is 0 Å². The molecule has 0 saturated heterocycles. The molecule has 2 heterocycles. The fraction of sp³-hybridized carbons (Fsp3) is 0.125. The van der Waals surface area contributed by atoms with Crippen LogP contribution in [-0.4, -0.2) is 0 Å². The van der Waals surface area contributed by atoms with Crippen molar-refractivity contribution < 1.29 is 8.83 Å². The van der Waals surface area contributed by atoms with Gasteiger partial charge in [-0.1, -0.05) is 12.2 Å². The van der Waals surface area contributed by atoms with Crippen molar-refractivity contribution in [3.8, 4) is 0 Å². The third-order valence-corrected chi connectivity index (χ3v) is 1.94. The van der Waals surface area contributed by atoms with Crippen LogP contribution in [0.3, 0.4) is 0 Å². The van der Waals surface area contributed by atoms with E-state index in [1.165, 1.54) is 0 Å². The molecule has 0 spiro atoms. The highest BCUT2D eigenvalue weighted by Crippen LogP contribution is 2.23. The summed E-state index contributed by atoms with van der Waals surface area (Å²) in [6.45, 7) is 1.88. The summed E-state index contributed by atoms with van der Waals surface area (Å²) >= 11 is 5.02. The number of furan rings is 1. The van der Waals surface area contributed by atoms with Crippen molar-refractivity contribution in [2.45, 2.75) is 6.92 Å². The largest absolute Gasteiger partial charge is 0.459 e. The summed E-state index contributed by atoms with van der Waals surface area (Å²) in [5, 5.41) is 0. The van der Waals surface area contributed by atoms with Gasteiger partial charge in [0.2, 0.25) is 0 Å². The minimum absolute atomic E-state index is 0.317. The van der Waals surface area contributed by atoms with Gasteiger partial charge in [0.05, 0.1) is 10.8 Å². The Morgan fingerprint density at radius 2 is 2.17 bits per heavy atom. The predicted octanol–water partition coefficient (Wildman–Crippen LogP) is 2.65. The minimum atomic E-state index is 0.317. The van der Waals surface area contributed by atoms with E-state index in [0.717, 1.165) is 5.56 Å². The average Bonchev–Trinajstić information content (AvgIpc) is 2.33. The number of hydrogen-bond donors (Lipinski definition) is 1. The fourth-order valence-corrected chi connectivity index (χ4v) is 1.33. The van der Waals surface area contributed by atoms with Crippen LogP contribution in [0.4, 0.5) is 5.88 Å². The molecular formula is C8H7NO2S. The first-order valence-corrected chi connectivity index (χ1v) is 3.87. The molecule has 0 bridgehead atoms. The van der Waals surface area contributed by atoms with E-state index in [1.54, 1.807) is 12.3 Å². The second kappa shape index (κ2) is 2.35. The molecular weight excluding hydrogens is 174 g/mol. The van der Waals surface area contributed by atoms with Gasteiger partial charge in [-0.2, -0.15) is 0 Å². The Morgan fingerprint density at radius 1 is 1.42 bits per heavy atom. The van der Waals surface area contributed by atoms with Crippen molar-refractivity contribution in [3.05, 3.63) is 22.4 Å². The van der Waals surface area contributed by atoms with E-state index >= 15 is 0 Å². The first kappa shape index (κ1) is 7.36. The zero-order valence-corrected chi connectivity index (χ0v) is 7.27. The van der Waals surface area contributed by atoms with Gasteiger partial charge >= 0.3 is 0 Å². The summed E-state index contributed by atoms with van der Waals surface area (Å²) in [6.07, 6.45) is 1.60. The molecule has 0 saturated carbocycles. The highest BCUT2D eigenvalue weighted by molar-refractivity contribution is 7.71. The maximum atomic E-state index is 5.48. The lowest BCUT2D eigenvalue weighted by atomic mass is 10.3. The monoisotopic (exact) mass is 181 g/mol. The van der Waals surface area contributed by atoms with E-state index in [4.69, 9.17) is 26.8 Å². The third kappa shape index (κ3) is 0.921. The van der Waals surface area contributed by atoms with Crippen molar-refractivity contribution in [2.75, 3.05) is 5.73 Å². The molecule has 2 aromatic heterocycles. The quantitative estimate of drug-likeness (QED) is 0.635. The number of rotatable bonds is 0. The van der Waals surface area contributed by atoms with Crippen molar-refractivity contribution >= 4 is 29.3 Å². The fourth-order valence-electron chi connectivity index (χ4n) is 1.07. The normalized spacial score (nSPS) is 10.8. The molecule has 12 heavy (non-hydrogen) atoms. The van der Waals surface area contributed by atoms with Gasteiger partial charge in [-0.3, -0.25) is 0 Å². The molecule has 2 aromatic rings. The molecule has 2 N–H and O–H groups in total. The lowest BCUT2D eigenvalue weighted by Gasteiger charge is -1.92. The van der Waals surface area contributed by atoms with E-state index in [0.29, 0.717) is 21.6 Å². The lowest BCUT2D eigenvalue weighted by Crippen LogP contribution is -1.83. The Kier molecular flexibility index (Phi) is 1.44. The number of aryl methyl sites for hydroxylation is 1. The van der Waals surface area contributed by atoms with Crippen LogP contribution in [0.2, 0.25) is 0 Å². The molecule has 0 aliphatic heterocycles. The molecule has 0 fully saturated rings. The van der Waals surface area contributed by atoms with Crippen LogP contribution in [-0.2, 0) is 0 Å². The van der Waals surface area contributed by atoms with Gasteiger partial charge in [-0.15, -0.1) is 0 Å². The summed E-state index contributed by atoms with van der Waals surface area (Å²) < 4.78 is 11.0. The minimum Gasteiger partial charge on any atom is -0.459 e. The Balaban J connectivity index is 3.03. The zero-order valence-electron chi connectivity index (χ0n) is 6.46. The van der Waals surface area contributed by atoms with Crippen LogP contribution >= 0.6 is 12.2 Å². The standard InChI is InChI=1S/C8H7NO2S/c1-4-3-10-8-5(12)2-6(9)11-7(4)8/h2-3H,9H2,1H3. The van der Waals surface area contributed by atoms with Crippen LogP contribution in [0.15, 0.2) is 21.2 Å². The van der Waals surface area contributed by atoms with Crippen LogP contribution in [0.5, 0.6) is 0 Å². The molecule has 0 aliphatic rings. The Labute approximate surface area is 73.8 Å². The van der Waals surface area contributed by atoms with Gasteiger partial charge in [-0.25, -0.2) is 0 Å². The second-order valence-electron chi connectivity index (χ2n) is 2.59. The number of nitrogen functional groups attached to an aromatic ring is 1. The smallest absolute Gasteiger partial charge is 0.192 e. The summed E-state index contributed by atoms with van der Waals surface area (Å²) in [6, 6.07) is 1.57. The average molecular weight is 181 g/mol. The van der Waals surface area contributed by atoms with Crippen LogP contribution in [0, 0.1) is 11.4 Å². The Morgan fingerprint density at radius 3 is 2.92 bits per heavy atom. The Bertz CT molecular complexity index is 483. The maximum absolute atomic E-state index is 5.48. The Hall–Kier alpha value is -1.29. The zero-order chi connectivity index (χ0) is 8.72. The highest BCUT2D eigenvalue weighted by Gasteiger charge is 2.06. The second-order valence-corrected chi connectivity index (χ2v) is 3.03. The van der Waals surface area contributed by atoms with Crippen LogP contribution < -0.4 is 5.73 Å². The molecule has 0 aromatic carbocycles. The number of hydrogen-bond acceptors (Lipinski definition) is 4. The molecule has 0 radical (unpaired) electrons. The summed E-state index contributed by atoms with van der Waals surface area (Å²) in [7, 11) is 0. The molecule has 3 nitrogen and oxygen atoms in total. The van der Waals surface area contributed by atoms with Crippen molar-refractivity contribution in [1.29, 1.82) is 0 Å². The third-order valence-electron chi connectivity index (χ3n) is 1.63. The molecule has 4 heteroatoms. The van der Waals surface area contributed by atoms with Gasteiger partial charge in [-0.05, 0) is 6.92 Å². The van der Waals surface area contributed by atoms with Gasteiger partial charge in [0.15, 0.2) is 17.1 Å². The van der Waals surface area contributed by atoms with Gasteiger partial charge in [0, 0.05) is 11.6 Å². The van der Waals surface area contributed by atoms with Crippen LogP contribution in [0.1, 0.15) is 5.56 Å². The highest BCUT2D eigenvalue weighted by atomic mass is 32.1. The van der Waals surface area contributed by atoms with Crippen molar-refractivity contribution in [2.24, 2.45) is 0 Å². The molecule has 62 valence electrons. The molecule has 0 aliphatic carbocycles. The summed E-state index contributed by atoms with van der Waals surface area (Å²) in [5.41, 5.74) is 7.62. The lowest BCUT2D eigenvalue weighted by molar-refractivity contribution is 0.591. The molecule has 0 unspecified atom stereocenters. The summed E-state index contributed by atoms with van der Waals surface area (Å²) in [5.74, 6) is 0.317. The van der Waals surface area contributed by atoms with E-state index < -0.39 is 0 Å². The molecule has 0 atom stereocenters. The maximum Gasteiger partial charge on any atom is 0.192 e. The van der Waals surface area contributed by atoms with E-state index in [1.807, 2.05) is 6.92 Å². The number of anilines is 1. The number of fused-ring (bicyclic) bond motifs is 1. The van der Waals surface area contributed by atoms with Gasteiger partial charge in [0.25, 0.3) is 0 Å². The molecule has 0 amide bonds. The SMILES string of the molecule is Cc1coc2c(=S)cc(N)oc12. The van der Waals surface area contributed by atoms with Gasteiger partial charge < -0.3 is 14.6 Å². The topological polar surface area (TPSA) is 52.3 Å². The van der Waals surface area contributed by atoms with E-state index in [-0.39, 0.29) is 0 Å². The first-order chi connectivity index (χ1) is 5.68. The predicted molar refractivity (Wildman–Crippen MR) is 48.5 cm³/mol. The first-order valence-electron chi connectivity index (χ1n) is 3.46. The van der Waals surface area contributed by atoms with Gasteiger partial charge in [0.1, 0.15) is 0 Å². The van der Waals surface area contributed by atoms with Crippen molar-refractivity contribution in [1.82, 2.24) is 0 Å². The van der Waals surface area contributed by atoms with E-state index in [9.17, 15) is 0 Å². The molecule has 2 rings (SSSR count). The van der Waals surface area contributed by atoms with E-state index in [2.05, 4.69) is 0 Å². The number of nitrogens with two attached hydrogens (primary N) is 1. The summed E-state index contributed by atoms with van der Waals surface area (Å²) in [4.78, 5) is 0. The van der Waals surface area contributed by atoms with Crippen LogP contribution in [0.25, 0.3) is 11.2 Å².